The summed E-state index contributed by atoms with van der Waals surface area (Å²) in [5.41, 5.74) is 3.57. The fraction of sp³-hybridized carbons (Fsp3) is 0.0435. The van der Waals surface area contributed by atoms with Crippen molar-refractivity contribution < 1.29 is 9.18 Å². The molecule has 3 aromatic rings. The van der Waals surface area contributed by atoms with Crippen molar-refractivity contribution >= 4 is 39.8 Å². The second kappa shape index (κ2) is 7.48. The molecule has 1 amide bonds. The Morgan fingerprint density at radius 3 is 2.68 bits per heavy atom. The van der Waals surface area contributed by atoms with Gasteiger partial charge in [0.2, 0.25) is 5.17 Å². The Morgan fingerprint density at radius 2 is 1.90 bits per heavy atom. The smallest absolute Gasteiger partial charge is 0.283 e. The molecule has 0 saturated carbocycles. The van der Waals surface area contributed by atoms with Crippen LogP contribution in [0.1, 0.15) is 16.8 Å². The van der Waals surface area contributed by atoms with Gasteiger partial charge in [0.25, 0.3) is 5.91 Å². The van der Waals surface area contributed by atoms with Crippen LogP contribution in [0.4, 0.5) is 4.39 Å². The summed E-state index contributed by atoms with van der Waals surface area (Å²) in [5, 5.41) is 15.6. The van der Waals surface area contributed by atoms with E-state index in [0.29, 0.717) is 15.9 Å². The second-order valence-electron chi connectivity index (χ2n) is 7.07. The lowest BCUT2D eigenvalue weighted by molar-refractivity contribution is -0.114. The minimum Gasteiger partial charge on any atom is -0.317 e. The van der Waals surface area contributed by atoms with E-state index in [2.05, 4.69) is 10.1 Å². The van der Waals surface area contributed by atoms with Crippen molar-refractivity contribution in [1.29, 1.82) is 5.41 Å². The number of carbonyl (C=O) groups excluding carboxylic acids is 1. The van der Waals surface area contributed by atoms with E-state index in [4.69, 9.17) is 5.41 Å². The molecule has 152 valence electrons. The number of halogens is 1. The van der Waals surface area contributed by atoms with Gasteiger partial charge in [0.05, 0.1) is 5.57 Å². The number of nitrogens with zero attached hydrogens (tertiary/aromatic N) is 4. The predicted octanol–water partition coefficient (Wildman–Crippen LogP) is 4.59. The molecule has 5 rings (SSSR count). The Kier molecular flexibility index (Phi) is 4.63. The number of thioether (sulfide) groups is 1. The van der Waals surface area contributed by atoms with Crippen LogP contribution in [0.5, 0.6) is 0 Å². The third-order valence-electron chi connectivity index (χ3n) is 4.90. The predicted molar refractivity (Wildman–Crippen MR) is 121 cm³/mol. The van der Waals surface area contributed by atoms with Crippen molar-refractivity contribution in [2.45, 2.75) is 6.92 Å². The van der Waals surface area contributed by atoms with Crippen LogP contribution < -0.4 is 0 Å². The Morgan fingerprint density at radius 1 is 1.10 bits per heavy atom. The number of carbonyl (C=O) groups is 1. The van der Waals surface area contributed by atoms with Gasteiger partial charge in [-0.1, -0.05) is 23.8 Å². The summed E-state index contributed by atoms with van der Waals surface area (Å²) in [6.45, 7) is 2.00. The number of nitrogens with one attached hydrogen (secondary N) is 1. The van der Waals surface area contributed by atoms with Crippen molar-refractivity contribution in [2.24, 2.45) is 10.1 Å². The van der Waals surface area contributed by atoms with Gasteiger partial charge in [0.15, 0.2) is 5.84 Å². The molecule has 0 spiro atoms. The maximum atomic E-state index is 13.3. The Hall–Kier alpha value is -3.78. The maximum absolute atomic E-state index is 13.3. The van der Waals surface area contributed by atoms with Crippen molar-refractivity contribution in [3.05, 3.63) is 95.1 Å². The van der Waals surface area contributed by atoms with E-state index in [0.717, 1.165) is 16.8 Å². The third kappa shape index (κ3) is 3.51. The summed E-state index contributed by atoms with van der Waals surface area (Å²) in [6.07, 6.45) is 3.42. The van der Waals surface area contributed by atoms with Gasteiger partial charge in [-0.05, 0) is 67.2 Å². The third-order valence-corrected chi connectivity index (χ3v) is 5.85. The molecule has 8 heteroatoms. The molecule has 0 radical (unpaired) electrons. The molecule has 1 N–H and O–H groups in total. The lowest BCUT2D eigenvalue weighted by Gasteiger charge is -2.20. The second-order valence-corrected chi connectivity index (χ2v) is 8.03. The van der Waals surface area contributed by atoms with E-state index in [1.165, 1.54) is 28.9 Å². The summed E-state index contributed by atoms with van der Waals surface area (Å²) in [5.74, 6) is -0.843. The van der Waals surface area contributed by atoms with Crippen molar-refractivity contribution in [1.82, 2.24) is 9.58 Å². The van der Waals surface area contributed by atoms with E-state index in [9.17, 15) is 9.18 Å². The molecule has 0 unspecified atom stereocenters. The number of aliphatic imine (C=N–C) groups is 1. The molecule has 0 aliphatic carbocycles. The van der Waals surface area contributed by atoms with E-state index in [-0.39, 0.29) is 17.2 Å². The van der Waals surface area contributed by atoms with Crippen LogP contribution in [0.25, 0.3) is 11.8 Å². The first kappa shape index (κ1) is 19.2. The van der Waals surface area contributed by atoms with Gasteiger partial charge >= 0.3 is 0 Å². The molecule has 2 aliphatic rings. The Balaban J connectivity index is 1.50. The number of hydrazone groups is 1. The highest BCUT2D eigenvalue weighted by atomic mass is 32.2. The molecule has 2 aliphatic heterocycles. The summed E-state index contributed by atoms with van der Waals surface area (Å²) < 4.78 is 15.1. The van der Waals surface area contributed by atoms with E-state index >= 15 is 0 Å². The van der Waals surface area contributed by atoms with Crippen LogP contribution in [0.2, 0.25) is 0 Å². The first-order chi connectivity index (χ1) is 15.0. The van der Waals surface area contributed by atoms with Crippen LogP contribution in [-0.2, 0) is 4.79 Å². The fourth-order valence-electron chi connectivity index (χ4n) is 3.38. The molecule has 1 aromatic heterocycles. The van der Waals surface area contributed by atoms with Crippen LogP contribution in [0.15, 0.2) is 82.5 Å². The zero-order chi connectivity index (χ0) is 21.5. The average Bonchev–Trinajstić information content (AvgIpc) is 3.39. The molecular weight excluding hydrogens is 413 g/mol. The number of aromatic nitrogens is 1. The highest BCUT2D eigenvalue weighted by Gasteiger charge is 2.36. The van der Waals surface area contributed by atoms with Gasteiger partial charge in [0, 0.05) is 23.1 Å². The first-order valence-corrected chi connectivity index (χ1v) is 10.3. The molecule has 2 aromatic carbocycles. The normalized spacial score (nSPS) is 17.1. The molecule has 3 heterocycles. The van der Waals surface area contributed by atoms with Gasteiger partial charge in [-0.25, -0.2) is 4.39 Å². The van der Waals surface area contributed by atoms with E-state index < -0.39 is 5.91 Å². The van der Waals surface area contributed by atoms with E-state index in [1.54, 1.807) is 18.2 Å². The number of benzene rings is 2. The monoisotopic (exact) mass is 429 g/mol. The largest absolute Gasteiger partial charge is 0.317 e. The van der Waals surface area contributed by atoms with Crippen LogP contribution in [0.3, 0.4) is 0 Å². The number of hydrogen-bond donors (Lipinski definition) is 1. The molecule has 0 bridgehead atoms. The molecule has 0 saturated heterocycles. The average molecular weight is 429 g/mol. The van der Waals surface area contributed by atoms with Crippen molar-refractivity contribution in [2.75, 3.05) is 0 Å². The zero-order valence-corrected chi connectivity index (χ0v) is 17.2. The number of hydrogen-bond acceptors (Lipinski definition) is 4. The molecule has 0 atom stereocenters. The van der Waals surface area contributed by atoms with Gasteiger partial charge < -0.3 is 4.57 Å². The lowest BCUT2D eigenvalue weighted by Crippen LogP contribution is -2.35. The van der Waals surface area contributed by atoms with Crippen LogP contribution in [0, 0.1) is 18.2 Å². The lowest BCUT2D eigenvalue weighted by atomic mass is 10.1. The number of amides is 1. The minimum absolute atomic E-state index is 0.0305. The highest BCUT2D eigenvalue weighted by molar-refractivity contribution is 8.27. The van der Waals surface area contributed by atoms with Crippen LogP contribution in [-0.4, -0.2) is 31.5 Å². The summed E-state index contributed by atoms with van der Waals surface area (Å²) in [6, 6.07) is 17.6. The number of fused-ring (bicyclic) bond motifs is 1. The van der Waals surface area contributed by atoms with E-state index in [1.807, 2.05) is 54.1 Å². The zero-order valence-electron chi connectivity index (χ0n) is 16.4. The Bertz CT molecular complexity index is 1320. The van der Waals surface area contributed by atoms with Gasteiger partial charge in [-0.15, -0.1) is 0 Å². The Labute approximate surface area is 181 Å². The van der Waals surface area contributed by atoms with Crippen LogP contribution >= 0.6 is 11.8 Å². The van der Waals surface area contributed by atoms with Crippen molar-refractivity contribution in [3.63, 3.8) is 0 Å². The summed E-state index contributed by atoms with van der Waals surface area (Å²) in [7, 11) is 0. The van der Waals surface area contributed by atoms with Gasteiger partial charge in [0.1, 0.15) is 10.9 Å². The molecule has 6 nitrogen and oxygen atoms in total. The number of aryl methyl sites for hydroxylation is 1. The highest BCUT2D eigenvalue weighted by Crippen LogP contribution is 2.31. The SMILES string of the molecule is Cc1cccc(C2=NN3C(=N)/C(=C\c4cccn4-c4ccc(F)cc4)C(=O)N=C3S2)c1. The van der Waals surface area contributed by atoms with Gasteiger partial charge in [-0.2, -0.15) is 15.1 Å². The quantitative estimate of drug-likeness (QED) is 0.619. The summed E-state index contributed by atoms with van der Waals surface area (Å²) in [4.78, 5) is 16.9. The summed E-state index contributed by atoms with van der Waals surface area (Å²) >= 11 is 1.27. The fourth-order valence-corrected chi connectivity index (χ4v) is 4.27. The molecule has 31 heavy (non-hydrogen) atoms. The maximum Gasteiger partial charge on any atom is 0.283 e. The number of amidine groups is 2. The standard InChI is InChI=1S/C23H16FN5OS/c1-14-4-2-5-15(12-14)22-27-29-20(25)19(21(30)26-23(29)31-22)13-18-6-3-11-28(18)17-9-7-16(24)8-10-17/h2-13,25H,1H3/b19-13+,25-20?. The number of rotatable bonds is 3. The van der Waals surface area contributed by atoms with Crippen molar-refractivity contribution in [3.8, 4) is 5.69 Å². The topological polar surface area (TPSA) is 73.8 Å². The molecule has 0 fully saturated rings. The van der Waals surface area contributed by atoms with Gasteiger partial charge in [-0.3, -0.25) is 10.2 Å². The molecular formula is C23H16FN5OS. The first-order valence-electron chi connectivity index (χ1n) is 9.50. The minimum atomic E-state index is -0.490.